The molecule has 0 aromatic heterocycles. The minimum atomic E-state index is -4.60. The highest BCUT2D eigenvalue weighted by molar-refractivity contribution is 7.85. The Morgan fingerprint density at radius 1 is 0.559 bits per heavy atom. The molecule has 1 aliphatic rings. The van der Waals surface area contributed by atoms with Crippen LogP contribution < -0.4 is 0 Å². The maximum Gasteiger partial charge on any atom is 0.306 e. The third-order valence-corrected chi connectivity index (χ3v) is 11.5. The van der Waals surface area contributed by atoms with Crippen LogP contribution in [0.3, 0.4) is 0 Å². The van der Waals surface area contributed by atoms with E-state index in [1.807, 2.05) is 0 Å². The molecule has 346 valence electrons. The number of hydrogen-bond acceptors (Lipinski definition) is 11. The van der Waals surface area contributed by atoms with Gasteiger partial charge in [0.15, 0.2) is 12.4 Å². The van der Waals surface area contributed by atoms with Crippen LogP contribution in [0.2, 0.25) is 0 Å². The van der Waals surface area contributed by atoms with Crippen molar-refractivity contribution >= 4 is 22.1 Å². The normalized spacial score (nSPS) is 20.4. The first-order valence-electron chi connectivity index (χ1n) is 23.4. The second-order valence-corrected chi connectivity index (χ2v) is 17.9. The maximum atomic E-state index is 12.8. The van der Waals surface area contributed by atoms with E-state index in [4.69, 9.17) is 18.9 Å². The first-order valence-corrected chi connectivity index (χ1v) is 25.0. The molecule has 0 amide bonds. The van der Waals surface area contributed by atoms with Gasteiger partial charge in [-0.15, -0.1) is 0 Å². The molecule has 0 aliphatic carbocycles. The van der Waals surface area contributed by atoms with Crippen LogP contribution in [-0.2, 0) is 38.7 Å². The van der Waals surface area contributed by atoms with Gasteiger partial charge in [0.25, 0.3) is 10.1 Å². The van der Waals surface area contributed by atoms with Gasteiger partial charge in [-0.3, -0.25) is 14.1 Å². The highest BCUT2D eigenvalue weighted by Crippen LogP contribution is 2.24. The molecule has 4 N–H and O–H groups in total. The zero-order valence-corrected chi connectivity index (χ0v) is 37.7. The molecular formula is C46H84O12S. The van der Waals surface area contributed by atoms with Gasteiger partial charge in [-0.05, 0) is 64.2 Å². The van der Waals surface area contributed by atoms with Crippen molar-refractivity contribution in [1.29, 1.82) is 0 Å². The van der Waals surface area contributed by atoms with Crippen molar-refractivity contribution in [3.05, 3.63) is 24.3 Å². The van der Waals surface area contributed by atoms with Gasteiger partial charge in [0.2, 0.25) is 0 Å². The van der Waals surface area contributed by atoms with E-state index in [-0.39, 0.29) is 19.4 Å². The van der Waals surface area contributed by atoms with E-state index in [9.17, 15) is 37.9 Å². The Hall–Kier alpha value is -1.87. The Morgan fingerprint density at radius 2 is 0.966 bits per heavy atom. The van der Waals surface area contributed by atoms with Gasteiger partial charge < -0.3 is 34.3 Å². The standard InChI is InChI=1S/C46H84O12S/c1-3-5-7-9-11-13-15-17-19-20-21-23-25-27-29-31-33-35-42(48)57-39(37-56-46-45(51)44(50)43(49)40(58-46)38-59(52,53)54)36-55-41(47)34-32-30-28-26-24-22-18-16-14-12-10-8-6-4-2/h13,15-16,18,39-40,43-46,49-51H,3-12,14,17,19-38H2,1-2H3,(H,52,53,54)/b15-13+,18-16+/t39-,40-,43-,44?,45?,46+/m1/s1. The van der Waals surface area contributed by atoms with Crippen molar-refractivity contribution in [1.82, 2.24) is 0 Å². The fourth-order valence-corrected chi connectivity index (χ4v) is 7.77. The van der Waals surface area contributed by atoms with Crippen LogP contribution in [0.1, 0.15) is 200 Å². The zero-order valence-electron chi connectivity index (χ0n) is 36.9. The molecule has 59 heavy (non-hydrogen) atoms. The molecule has 12 nitrogen and oxygen atoms in total. The molecule has 1 heterocycles. The summed E-state index contributed by atoms with van der Waals surface area (Å²) in [5.74, 6) is -1.99. The van der Waals surface area contributed by atoms with E-state index in [2.05, 4.69) is 38.2 Å². The van der Waals surface area contributed by atoms with Crippen molar-refractivity contribution in [2.75, 3.05) is 19.0 Å². The average molecular weight is 861 g/mol. The molecule has 0 saturated carbocycles. The number of carbonyl (C=O) groups excluding carboxylic acids is 2. The Balaban J connectivity index is 2.43. The zero-order chi connectivity index (χ0) is 43.4. The summed E-state index contributed by atoms with van der Waals surface area (Å²) in [6.07, 6.45) is 30.7. The molecule has 0 radical (unpaired) electrons. The van der Waals surface area contributed by atoms with Crippen LogP contribution in [0.25, 0.3) is 0 Å². The van der Waals surface area contributed by atoms with Crippen LogP contribution in [0.15, 0.2) is 24.3 Å². The van der Waals surface area contributed by atoms with E-state index < -0.39 is 71.2 Å². The van der Waals surface area contributed by atoms with Gasteiger partial charge in [-0.25, -0.2) is 0 Å². The summed E-state index contributed by atoms with van der Waals surface area (Å²) in [7, 11) is -4.60. The van der Waals surface area contributed by atoms with Crippen molar-refractivity contribution in [2.24, 2.45) is 0 Å². The fourth-order valence-electron chi connectivity index (χ4n) is 7.08. The molecule has 1 saturated heterocycles. The van der Waals surface area contributed by atoms with Crippen LogP contribution in [0.5, 0.6) is 0 Å². The van der Waals surface area contributed by atoms with E-state index in [1.54, 1.807) is 0 Å². The number of ether oxygens (including phenoxy) is 4. The number of hydrogen-bond donors (Lipinski definition) is 4. The molecule has 1 fully saturated rings. The van der Waals surface area contributed by atoms with Crippen LogP contribution in [-0.4, -0.2) is 96.0 Å². The molecule has 1 aliphatic heterocycles. The molecule has 0 aromatic carbocycles. The maximum absolute atomic E-state index is 12.8. The number of carbonyl (C=O) groups is 2. The lowest BCUT2D eigenvalue weighted by molar-refractivity contribution is -0.297. The second kappa shape index (κ2) is 36.8. The van der Waals surface area contributed by atoms with Crippen molar-refractivity contribution in [3.8, 4) is 0 Å². The number of aliphatic hydroxyl groups is 3. The van der Waals surface area contributed by atoms with E-state index >= 15 is 0 Å². The fraction of sp³-hybridized carbons (Fsp3) is 0.870. The highest BCUT2D eigenvalue weighted by atomic mass is 32.2. The summed E-state index contributed by atoms with van der Waals surface area (Å²) in [5.41, 5.74) is 0. The lowest BCUT2D eigenvalue weighted by atomic mass is 10.00. The minimum Gasteiger partial charge on any atom is -0.462 e. The Kier molecular flexibility index (Phi) is 34.4. The molecule has 6 atom stereocenters. The third-order valence-electron chi connectivity index (χ3n) is 10.8. The van der Waals surface area contributed by atoms with Crippen LogP contribution in [0, 0.1) is 0 Å². The van der Waals surface area contributed by atoms with Gasteiger partial charge in [0.1, 0.15) is 36.8 Å². The Labute approximate surface area is 358 Å². The molecule has 0 spiro atoms. The second-order valence-electron chi connectivity index (χ2n) is 16.4. The molecule has 13 heteroatoms. The van der Waals surface area contributed by atoms with Crippen molar-refractivity contribution in [3.63, 3.8) is 0 Å². The summed E-state index contributed by atoms with van der Waals surface area (Å²) in [6.45, 7) is 3.74. The largest absolute Gasteiger partial charge is 0.462 e. The van der Waals surface area contributed by atoms with Gasteiger partial charge in [-0.1, -0.05) is 147 Å². The Bertz CT molecular complexity index is 1190. The third kappa shape index (κ3) is 31.6. The topological polar surface area (TPSA) is 186 Å². The summed E-state index contributed by atoms with van der Waals surface area (Å²) in [6, 6.07) is 0. The van der Waals surface area contributed by atoms with Crippen LogP contribution >= 0.6 is 0 Å². The van der Waals surface area contributed by atoms with Gasteiger partial charge >= 0.3 is 11.9 Å². The van der Waals surface area contributed by atoms with E-state index in [0.717, 1.165) is 57.8 Å². The summed E-state index contributed by atoms with van der Waals surface area (Å²) >= 11 is 0. The molecule has 1 rings (SSSR count). The predicted molar refractivity (Wildman–Crippen MR) is 233 cm³/mol. The number of allylic oxidation sites excluding steroid dienone is 4. The number of rotatable bonds is 39. The smallest absolute Gasteiger partial charge is 0.306 e. The van der Waals surface area contributed by atoms with Gasteiger partial charge in [0.05, 0.1) is 6.61 Å². The average Bonchev–Trinajstić information content (AvgIpc) is 3.20. The number of unbranched alkanes of at least 4 members (excludes halogenated alkanes) is 23. The molecule has 0 aromatic rings. The summed E-state index contributed by atoms with van der Waals surface area (Å²) in [5, 5.41) is 30.9. The number of aliphatic hydroxyl groups excluding tert-OH is 3. The minimum absolute atomic E-state index is 0.162. The quantitative estimate of drug-likeness (QED) is 0.0199. The van der Waals surface area contributed by atoms with Gasteiger partial charge in [-0.2, -0.15) is 8.42 Å². The van der Waals surface area contributed by atoms with Crippen LogP contribution in [0.4, 0.5) is 0 Å². The lowest BCUT2D eigenvalue weighted by Gasteiger charge is -2.40. The Morgan fingerprint density at radius 3 is 1.42 bits per heavy atom. The SMILES string of the molecule is CCCCCC/C=C/CCCCCCCCCCCC(=O)O[C@H](COC(=O)CCCCCCC/C=C/CCCCCCC)CO[C@H]1O[C@H](CS(=O)(=O)O)[C@@H](O)C(O)C1O. The van der Waals surface area contributed by atoms with E-state index in [1.165, 1.54) is 103 Å². The molecule has 0 bridgehead atoms. The molecular weight excluding hydrogens is 777 g/mol. The number of esters is 2. The molecule has 2 unspecified atom stereocenters. The van der Waals surface area contributed by atoms with Crippen molar-refractivity contribution in [2.45, 2.75) is 237 Å². The highest BCUT2D eigenvalue weighted by Gasteiger charge is 2.46. The lowest BCUT2D eigenvalue weighted by Crippen LogP contribution is -2.60. The summed E-state index contributed by atoms with van der Waals surface area (Å²) < 4.78 is 54.1. The first-order chi connectivity index (χ1) is 28.5. The van der Waals surface area contributed by atoms with Crippen molar-refractivity contribution < 1.29 is 56.8 Å². The van der Waals surface area contributed by atoms with Gasteiger partial charge in [0, 0.05) is 12.8 Å². The first kappa shape index (κ1) is 55.1. The van der Waals surface area contributed by atoms with E-state index in [0.29, 0.717) is 12.8 Å². The monoisotopic (exact) mass is 861 g/mol. The predicted octanol–water partition coefficient (Wildman–Crippen LogP) is 9.62. The summed E-state index contributed by atoms with van der Waals surface area (Å²) in [4.78, 5) is 25.4.